The summed E-state index contributed by atoms with van der Waals surface area (Å²) in [4.78, 5) is 27.5. The van der Waals surface area contributed by atoms with Crippen molar-refractivity contribution >= 4 is 35.0 Å². The number of hydrogen-bond acceptors (Lipinski definition) is 5. The van der Waals surface area contributed by atoms with E-state index in [4.69, 9.17) is 32.7 Å². The minimum absolute atomic E-state index is 0.158. The van der Waals surface area contributed by atoms with E-state index >= 15 is 0 Å². The van der Waals surface area contributed by atoms with E-state index in [9.17, 15) is 9.59 Å². The first-order valence-corrected chi connectivity index (χ1v) is 9.05. The number of nitrogens with zero attached hydrogens (tertiary/aromatic N) is 1. The predicted octanol–water partition coefficient (Wildman–Crippen LogP) is 2.98. The number of amides is 2. The smallest absolute Gasteiger partial charge is 0.262 e. The molecule has 0 unspecified atom stereocenters. The minimum atomic E-state index is -0.344. The van der Waals surface area contributed by atoms with Gasteiger partial charge >= 0.3 is 0 Å². The molecule has 7 nitrogen and oxygen atoms in total. The molecule has 0 aliphatic rings. The first-order chi connectivity index (χ1) is 13.4. The van der Waals surface area contributed by atoms with Gasteiger partial charge in [-0.1, -0.05) is 29.8 Å². The third-order valence-electron chi connectivity index (χ3n) is 3.30. The van der Waals surface area contributed by atoms with Crippen LogP contribution in [0.1, 0.15) is 6.42 Å². The van der Waals surface area contributed by atoms with Crippen LogP contribution in [-0.2, 0) is 9.59 Å². The van der Waals surface area contributed by atoms with Crippen LogP contribution in [0.2, 0.25) is 10.0 Å². The molecule has 0 saturated carbocycles. The van der Waals surface area contributed by atoms with Gasteiger partial charge in [0.1, 0.15) is 5.75 Å². The Morgan fingerprint density at radius 1 is 0.964 bits per heavy atom. The number of carbonyl (C=O) groups is 2. The highest BCUT2D eigenvalue weighted by Gasteiger charge is 2.07. The lowest BCUT2D eigenvalue weighted by atomic mass is 10.3. The fraction of sp³-hybridized carbons (Fsp3) is 0.211. The van der Waals surface area contributed by atoms with Crippen LogP contribution in [0, 0.1) is 0 Å². The second kappa shape index (κ2) is 11.2. The Balaban J connectivity index is 1.58. The highest BCUT2D eigenvalue weighted by molar-refractivity contribution is 6.30. The van der Waals surface area contributed by atoms with Gasteiger partial charge in [-0.2, -0.15) is 0 Å². The van der Waals surface area contributed by atoms with Crippen LogP contribution in [-0.4, -0.2) is 36.6 Å². The summed E-state index contributed by atoms with van der Waals surface area (Å²) in [7, 11) is 0. The molecule has 148 valence electrons. The highest BCUT2D eigenvalue weighted by atomic mass is 35.5. The molecule has 0 aliphatic heterocycles. The molecule has 0 bridgehead atoms. The molecule has 28 heavy (non-hydrogen) atoms. The SMILES string of the molecule is C=C(CCNC(=O)COc1ccc(Cl)cn1)NC(=O)COc1ccc(Cl)cc1. The van der Waals surface area contributed by atoms with E-state index in [-0.39, 0.29) is 25.0 Å². The summed E-state index contributed by atoms with van der Waals surface area (Å²) in [5.41, 5.74) is 0.463. The number of nitrogens with one attached hydrogen (secondary N) is 2. The van der Waals surface area contributed by atoms with Gasteiger partial charge in [-0.05, 0) is 30.3 Å². The van der Waals surface area contributed by atoms with E-state index in [0.29, 0.717) is 40.3 Å². The summed E-state index contributed by atoms with van der Waals surface area (Å²) in [6.45, 7) is 3.71. The molecule has 1 aromatic heterocycles. The molecule has 0 atom stereocenters. The number of aromatic nitrogens is 1. The zero-order valence-electron chi connectivity index (χ0n) is 14.9. The van der Waals surface area contributed by atoms with Crippen molar-refractivity contribution in [1.82, 2.24) is 15.6 Å². The molecule has 2 rings (SSSR count). The second-order valence-corrected chi connectivity index (χ2v) is 6.47. The third kappa shape index (κ3) is 8.28. The van der Waals surface area contributed by atoms with Crippen LogP contribution < -0.4 is 20.1 Å². The van der Waals surface area contributed by atoms with Gasteiger partial charge < -0.3 is 20.1 Å². The lowest BCUT2D eigenvalue weighted by molar-refractivity contribution is -0.123. The first-order valence-electron chi connectivity index (χ1n) is 8.29. The Bertz CT molecular complexity index is 811. The fourth-order valence-electron chi connectivity index (χ4n) is 1.97. The van der Waals surface area contributed by atoms with Gasteiger partial charge in [0, 0.05) is 35.9 Å². The molecule has 0 aliphatic carbocycles. The van der Waals surface area contributed by atoms with Gasteiger partial charge in [-0.15, -0.1) is 0 Å². The van der Waals surface area contributed by atoms with Crippen molar-refractivity contribution in [3.8, 4) is 11.6 Å². The predicted molar refractivity (Wildman–Crippen MR) is 107 cm³/mol. The Morgan fingerprint density at radius 2 is 1.64 bits per heavy atom. The first kappa shape index (κ1) is 21.5. The van der Waals surface area contributed by atoms with Gasteiger partial charge in [0.05, 0.1) is 5.02 Å². The van der Waals surface area contributed by atoms with Crippen LogP contribution in [0.3, 0.4) is 0 Å². The highest BCUT2D eigenvalue weighted by Crippen LogP contribution is 2.15. The molecule has 2 aromatic rings. The second-order valence-electron chi connectivity index (χ2n) is 5.60. The fourth-order valence-corrected chi connectivity index (χ4v) is 2.20. The number of halogens is 2. The maximum absolute atomic E-state index is 11.8. The monoisotopic (exact) mass is 423 g/mol. The normalized spacial score (nSPS) is 10.1. The zero-order valence-corrected chi connectivity index (χ0v) is 16.4. The molecule has 1 heterocycles. The summed E-state index contributed by atoms with van der Waals surface area (Å²) >= 11 is 11.5. The van der Waals surface area contributed by atoms with E-state index in [0.717, 1.165) is 0 Å². The molecular formula is C19H19Cl2N3O4. The molecule has 2 N–H and O–H groups in total. The number of ether oxygens (including phenoxy) is 2. The van der Waals surface area contributed by atoms with E-state index in [1.807, 2.05) is 0 Å². The number of rotatable bonds is 10. The summed E-state index contributed by atoms with van der Waals surface area (Å²) in [6, 6.07) is 9.86. The van der Waals surface area contributed by atoms with E-state index in [2.05, 4.69) is 22.2 Å². The van der Waals surface area contributed by atoms with Crippen LogP contribution >= 0.6 is 23.2 Å². The Morgan fingerprint density at radius 3 is 2.32 bits per heavy atom. The van der Waals surface area contributed by atoms with Crippen molar-refractivity contribution < 1.29 is 19.1 Å². The van der Waals surface area contributed by atoms with Crippen molar-refractivity contribution in [3.63, 3.8) is 0 Å². The largest absolute Gasteiger partial charge is 0.484 e. The molecule has 0 fully saturated rings. The maximum Gasteiger partial charge on any atom is 0.262 e. The van der Waals surface area contributed by atoms with Crippen LogP contribution in [0.25, 0.3) is 0 Å². The molecule has 2 amide bonds. The Hall–Kier alpha value is -2.77. The number of carbonyl (C=O) groups excluding carboxylic acids is 2. The number of pyridine rings is 1. The maximum atomic E-state index is 11.8. The van der Waals surface area contributed by atoms with Crippen molar-refractivity contribution in [2.75, 3.05) is 19.8 Å². The average molecular weight is 424 g/mol. The minimum Gasteiger partial charge on any atom is -0.484 e. The quantitative estimate of drug-likeness (QED) is 0.612. The Kier molecular flexibility index (Phi) is 8.58. The molecule has 1 aromatic carbocycles. The van der Waals surface area contributed by atoms with Gasteiger partial charge in [0.25, 0.3) is 11.8 Å². The van der Waals surface area contributed by atoms with Crippen molar-refractivity contribution in [2.45, 2.75) is 6.42 Å². The van der Waals surface area contributed by atoms with Gasteiger partial charge in [0.15, 0.2) is 13.2 Å². The number of hydrogen-bond donors (Lipinski definition) is 2. The topological polar surface area (TPSA) is 89.5 Å². The van der Waals surface area contributed by atoms with Crippen molar-refractivity contribution in [1.29, 1.82) is 0 Å². The van der Waals surface area contributed by atoms with Gasteiger partial charge in [0.2, 0.25) is 5.88 Å². The van der Waals surface area contributed by atoms with Crippen LogP contribution in [0.5, 0.6) is 11.6 Å². The van der Waals surface area contributed by atoms with Gasteiger partial charge in [-0.25, -0.2) is 4.98 Å². The summed E-state index contributed by atoms with van der Waals surface area (Å²) in [5, 5.41) is 6.33. The summed E-state index contributed by atoms with van der Waals surface area (Å²) < 4.78 is 10.6. The molecule has 0 spiro atoms. The van der Waals surface area contributed by atoms with Crippen molar-refractivity contribution in [2.24, 2.45) is 0 Å². The molecule has 0 radical (unpaired) electrons. The molecular weight excluding hydrogens is 405 g/mol. The zero-order chi connectivity index (χ0) is 20.4. The lowest BCUT2D eigenvalue weighted by Crippen LogP contribution is -2.32. The van der Waals surface area contributed by atoms with Crippen molar-refractivity contribution in [3.05, 3.63) is 64.9 Å². The lowest BCUT2D eigenvalue weighted by Gasteiger charge is -2.11. The van der Waals surface area contributed by atoms with Gasteiger partial charge in [-0.3, -0.25) is 9.59 Å². The van der Waals surface area contributed by atoms with Crippen LogP contribution in [0.4, 0.5) is 0 Å². The molecule has 9 heteroatoms. The third-order valence-corrected chi connectivity index (χ3v) is 3.78. The Labute approximate surface area is 172 Å². The van der Waals surface area contributed by atoms with E-state index in [1.165, 1.54) is 6.20 Å². The van der Waals surface area contributed by atoms with E-state index in [1.54, 1.807) is 36.4 Å². The van der Waals surface area contributed by atoms with Crippen LogP contribution in [0.15, 0.2) is 54.9 Å². The summed E-state index contributed by atoms with van der Waals surface area (Å²) in [6.07, 6.45) is 1.80. The number of benzene rings is 1. The summed E-state index contributed by atoms with van der Waals surface area (Å²) in [5.74, 6) is 0.176. The molecule has 0 saturated heterocycles. The standard InChI is InChI=1S/C19H19Cl2N3O4/c1-13(24-18(26)12-27-16-5-2-14(20)3-6-16)8-9-22-17(25)11-28-19-7-4-15(21)10-23-19/h2-7,10H,1,8-9,11-12H2,(H,22,25)(H,24,26). The average Bonchev–Trinajstić information content (AvgIpc) is 2.67. The van der Waals surface area contributed by atoms with E-state index < -0.39 is 0 Å².